The smallest absolute Gasteiger partial charge is 0.307 e. The lowest BCUT2D eigenvalue weighted by Gasteiger charge is -2.20. The quantitative estimate of drug-likeness (QED) is 0.533. The Balaban J connectivity index is 1.89. The molecule has 0 aliphatic rings. The fourth-order valence-electron chi connectivity index (χ4n) is 2.80. The molecule has 8 heteroatoms. The van der Waals surface area contributed by atoms with Crippen molar-refractivity contribution in [3.63, 3.8) is 0 Å². The van der Waals surface area contributed by atoms with Crippen LogP contribution in [0.25, 0.3) is 6.08 Å². The number of imide groups is 1. The summed E-state index contributed by atoms with van der Waals surface area (Å²) in [7, 11) is -4.45. The highest BCUT2D eigenvalue weighted by atomic mass is 32.2. The van der Waals surface area contributed by atoms with Gasteiger partial charge in [-0.15, -0.1) is 4.31 Å². The molecule has 32 heavy (non-hydrogen) atoms. The average Bonchev–Trinajstić information content (AvgIpc) is 2.79. The Kier molecular flexibility index (Phi) is 7.41. The number of aryl methyl sites for hydroxylation is 1. The summed E-state index contributed by atoms with van der Waals surface area (Å²) in [5.41, 5.74) is 2.43. The summed E-state index contributed by atoms with van der Waals surface area (Å²) in [6, 6.07) is 21.7. The third-order valence-electron chi connectivity index (χ3n) is 4.49. The Labute approximate surface area is 187 Å². The van der Waals surface area contributed by atoms with Gasteiger partial charge in [0.25, 0.3) is 10.0 Å². The van der Waals surface area contributed by atoms with E-state index in [4.69, 9.17) is 0 Å². The molecule has 4 amide bonds. The number of hydrogen-bond acceptors (Lipinski definition) is 4. The number of rotatable bonds is 6. The van der Waals surface area contributed by atoms with E-state index in [-0.39, 0.29) is 4.31 Å². The Hall–Kier alpha value is -3.91. The normalized spacial score (nSPS) is 11.2. The highest BCUT2D eigenvalue weighted by Gasteiger charge is 2.32. The van der Waals surface area contributed by atoms with E-state index in [2.05, 4.69) is 10.6 Å². The van der Waals surface area contributed by atoms with Gasteiger partial charge in [0.05, 0.1) is 5.41 Å². The van der Waals surface area contributed by atoms with E-state index in [0.29, 0.717) is 16.9 Å². The largest absolute Gasteiger partial charge is 0.344 e. The number of carbonyl (C=O) groups excluding carboxylic acids is 2. The number of para-hydroxylation sites is 2. The first-order valence-corrected chi connectivity index (χ1v) is 11.4. The Morgan fingerprint density at radius 1 is 0.781 bits per heavy atom. The number of hydrogen-bond donors (Lipinski definition) is 2. The van der Waals surface area contributed by atoms with Gasteiger partial charge in [0.2, 0.25) is 0 Å². The van der Waals surface area contributed by atoms with Crippen LogP contribution in [0.5, 0.6) is 0 Å². The van der Waals surface area contributed by atoms with E-state index < -0.39 is 22.1 Å². The van der Waals surface area contributed by atoms with Crippen LogP contribution in [0.3, 0.4) is 0 Å². The van der Waals surface area contributed by atoms with Gasteiger partial charge >= 0.3 is 12.1 Å². The van der Waals surface area contributed by atoms with Crippen LogP contribution in [0.2, 0.25) is 0 Å². The molecule has 0 aliphatic heterocycles. The zero-order valence-corrected chi connectivity index (χ0v) is 18.2. The summed E-state index contributed by atoms with van der Waals surface area (Å²) in [5.74, 6) is 0. The van der Waals surface area contributed by atoms with Crippen LogP contribution in [0, 0.1) is 0 Å². The molecule has 0 radical (unpaired) electrons. The molecule has 0 saturated heterocycles. The van der Waals surface area contributed by atoms with Gasteiger partial charge in [0.1, 0.15) is 0 Å². The van der Waals surface area contributed by atoms with E-state index in [1.165, 1.54) is 6.08 Å². The van der Waals surface area contributed by atoms with Crippen molar-refractivity contribution in [1.82, 2.24) is 4.31 Å². The zero-order chi connectivity index (χ0) is 23.0. The molecule has 3 aromatic rings. The Bertz CT molecular complexity index is 1140. The highest BCUT2D eigenvalue weighted by Crippen LogP contribution is 2.16. The molecule has 0 atom stereocenters. The maximum atomic E-state index is 13.0. The second kappa shape index (κ2) is 10.4. The van der Waals surface area contributed by atoms with Crippen molar-refractivity contribution >= 4 is 39.5 Å². The molecule has 0 unspecified atom stereocenters. The minimum absolute atomic E-state index is 0.171. The molecule has 7 nitrogen and oxygen atoms in total. The molecule has 0 fully saturated rings. The monoisotopic (exact) mass is 449 g/mol. The molecule has 2 N–H and O–H groups in total. The highest BCUT2D eigenvalue weighted by molar-refractivity contribution is 7.93. The second-order valence-corrected chi connectivity index (χ2v) is 8.47. The van der Waals surface area contributed by atoms with Gasteiger partial charge in [-0.1, -0.05) is 67.6 Å². The lowest BCUT2D eigenvalue weighted by atomic mass is 10.1. The number of nitrogens with zero attached hydrogens (tertiary/aromatic N) is 1. The van der Waals surface area contributed by atoms with Crippen molar-refractivity contribution in [3.8, 4) is 0 Å². The van der Waals surface area contributed by atoms with Crippen molar-refractivity contribution in [1.29, 1.82) is 0 Å². The van der Waals surface area contributed by atoms with Crippen molar-refractivity contribution in [2.24, 2.45) is 0 Å². The summed E-state index contributed by atoms with van der Waals surface area (Å²) in [6.07, 6.45) is 2.20. The molecule has 3 rings (SSSR count). The SMILES string of the molecule is CCc1ccc(/C=C/S(=O)(=O)N(C(=O)Nc2ccccc2)C(=O)Nc2ccccc2)cc1. The molecule has 0 saturated carbocycles. The molecule has 0 aromatic heterocycles. The second-order valence-electron chi connectivity index (χ2n) is 6.80. The van der Waals surface area contributed by atoms with Crippen LogP contribution in [0.1, 0.15) is 18.1 Å². The third kappa shape index (κ3) is 6.05. The molecule has 164 valence electrons. The molecule has 0 spiro atoms. The minimum atomic E-state index is -4.45. The minimum Gasteiger partial charge on any atom is -0.307 e. The Morgan fingerprint density at radius 2 is 1.25 bits per heavy atom. The van der Waals surface area contributed by atoms with E-state index in [1.54, 1.807) is 72.8 Å². The van der Waals surface area contributed by atoms with Gasteiger partial charge in [-0.3, -0.25) is 0 Å². The van der Waals surface area contributed by atoms with Gasteiger partial charge in [-0.2, -0.15) is 0 Å². The van der Waals surface area contributed by atoms with E-state index >= 15 is 0 Å². The topological polar surface area (TPSA) is 95.6 Å². The number of nitrogens with one attached hydrogen (secondary N) is 2. The lowest BCUT2D eigenvalue weighted by Crippen LogP contribution is -2.45. The van der Waals surface area contributed by atoms with Gasteiger partial charge in [-0.25, -0.2) is 18.0 Å². The molecular weight excluding hydrogens is 426 g/mol. The molecular formula is C24H23N3O4S. The zero-order valence-electron chi connectivity index (χ0n) is 17.4. The van der Waals surface area contributed by atoms with Gasteiger partial charge < -0.3 is 10.6 Å². The van der Waals surface area contributed by atoms with Crippen LogP contribution in [0.4, 0.5) is 21.0 Å². The van der Waals surface area contributed by atoms with Crippen LogP contribution in [0.15, 0.2) is 90.3 Å². The lowest BCUT2D eigenvalue weighted by molar-refractivity contribution is 0.223. The van der Waals surface area contributed by atoms with Gasteiger partial charge in [-0.05, 0) is 47.9 Å². The molecule has 3 aromatic carbocycles. The predicted molar refractivity (Wildman–Crippen MR) is 127 cm³/mol. The molecule has 0 aliphatic carbocycles. The van der Waals surface area contributed by atoms with Crippen molar-refractivity contribution in [3.05, 3.63) is 101 Å². The maximum absolute atomic E-state index is 13.0. The fourth-order valence-corrected chi connectivity index (χ4v) is 3.81. The van der Waals surface area contributed by atoms with Crippen LogP contribution >= 0.6 is 0 Å². The molecule has 0 heterocycles. The third-order valence-corrected chi connectivity index (χ3v) is 5.81. The maximum Gasteiger partial charge on any atom is 0.344 e. The standard InChI is InChI=1S/C24H23N3O4S/c1-2-19-13-15-20(16-14-19)17-18-32(30,31)27(23(28)25-21-9-5-3-6-10-21)24(29)26-22-11-7-4-8-12-22/h3-18H,2H2,1H3,(H,25,28)(H,26,29)/b18-17+. The number of urea groups is 2. The van der Waals surface area contributed by atoms with Crippen molar-refractivity contribution in [2.75, 3.05) is 10.6 Å². The summed E-state index contributed by atoms with van der Waals surface area (Å²) in [5, 5.41) is 5.72. The number of anilines is 2. The van der Waals surface area contributed by atoms with Gasteiger partial charge in [0, 0.05) is 11.4 Å². The van der Waals surface area contributed by atoms with E-state index in [0.717, 1.165) is 17.4 Å². The first kappa shape index (κ1) is 22.8. The number of amides is 4. The van der Waals surface area contributed by atoms with E-state index in [9.17, 15) is 18.0 Å². The van der Waals surface area contributed by atoms with Gasteiger partial charge in [0.15, 0.2) is 0 Å². The average molecular weight is 450 g/mol. The predicted octanol–water partition coefficient (Wildman–Crippen LogP) is 5.32. The number of carbonyl (C=O) groups is 2. The first-order valence-electron chi connectivity index (χ1n) is 9.93. The summed E-state index contributed by atoms with van der Waals surface area (Å²) in [6.45, 7) is 2.02. The summed E-state index contributed by atoms with van der Waals surface area (Å²) in [4.78, 5) is 25.7. The van der Waals surface area contributed by atoms with Crippen molar-refractivity contribution in [2.45, 2.75) is 13.3 Å². The number of benzene rings is 3. The molecule has 0 bridgehead atoms. The van der Waals surface area contributed by atoms with Crippen LogP contribution in [-0.2, 0) is 16.4 Å². The van der Waals surface area contributed by atoms with Crippen LogP contribution in [-0.4, -0.2) is 24.8 Å². The first-order chi connectivity index (χ1) is 15.4. The summed E-state index contributed by atoms with van der Waals surface area (Å²) < 4.78 is 26.2. The van der Waals surface area contributed by atoms with E-state index in [1.807, 2.05) is 19.1 Å². The number of sulfonamides is 1. The van der Waals surface area contributed by atoms with Crippen molar-refractivity contribution < 1.29 is 18.0 Å². The fraction of sp³-hybridized carbons (Fsp3) is 0.0833. The van der Waals surface area contributed by atoms with Crippen LogP contribution < -0.4 is 10.6 Å². The Morgan fingerprint density at radius 3 is 1.69 bits per heavy atom. The summed E-state index contributed by atoms with van der Waals surface area (Å²) >= 11 is 0.